The van der Waals surface area contributed by atoms with E-state index in [1.807, 2.05) is 0 Å². The monoisotopic (exact) mass is 256 g/mol. The molecule has 4 nitrogen and oxygen atoms in total. The minimum absolute atomic E-state index is 0.396. The van der Waals surface area contributed by atoms with E-state index in [0.717, 1.165) is 0 Å². The molecule has 2 aliphatic rings. The van der Waals surface area contributed by atoms with Gasteiger partial charge in [0.05, 0.1) is 6.26 Å². The van der Waals surface area contributed by atoms with E-state index in [9.17, 15) is 4.79 Å². The van der Waals surface area contributed by atoms with E-state index in [0.29, 0.717) is 5.76 Å². The molecule has 1 spiro atoms. The third-order valence-electron chi connectivity index (χ3n) is 2.43. The molecule has 2 heterocycles. The van der Waals surface area contributed by atoms with Crippen molar-refractivity contribution in [1.82, 2.24) is 0 Å². The molecule has 0 saturated heterocycles. The van der Waals surface area contributed by atoms with E-state index in [1.54, 1.807) is 31.2 Å². The molecule has 0 N–H and O–H groups in total. The molecule has 2 rings (SSSR count). The lowest BCUT2D eigenvalue weighted by atomic mass is 10.1. The smallest absolute Gasteiger partial charge is 0.312 e. The van der Waals surface area contributed by atoms with Gasteiger partial charge in [-0.15, -0.1) is 0 Å². The average Bonchev–Trinajstić information content (AvgIpc) is 2.94. The zero-order valence-electron chi connectivity index (χ0n) is 10.6. The summed E-state index contributed by atoms with van der Waals surface area (Å²) in [5.74, 6) is 9.71. The fourth-order valence-electron chi connectivity index (χ4n) is 1.67. The summed E-state index contributed by atoms with van der Waals surface area (Å²) in [6.45, 7) is 3.05. The quantitative estimate of drug-likeness (QED) is 0.528. The van der Waals surface area contributed by atoms with E-state index in [-0.39, 0.29) is 0 Å². The van der Waals surface area contributed by atoms with Gasteiger partial charge in [-0.1, -0.05) is 11.8 Å². The zero-order chi connectivity index (χ0) is 13.7. The lowest BCUT2D eigenvalue weighted by Gasteiger charge is -2.27. The Balaban J connectivity index is 2.09. The molecule has 96 valence electrons. The van der Waals surface area contributed by atoms with Crippen molar-refractivity contribution in [1.29, 1.82) is 0 Å². The number of carbonyl (C=O) groups excluding carboxylic acids is 1. The summed E-state index contributed by atoms with van der Waals surface area (Å²) in [5.41, 5.74) is 0. The van der Waals surface area contributed by atoms with Gasteiger partial charge < -0.3 is 14.2 Å². The maximum absolute atomic E-state index is 11.0. The van der Waals surface area contributed by atoms with Crippen LogP contribution in [0.4, 0.5) is 0 Å². The summed E-state index contributed by atoms with van der Waals surface area (Å²) in [6.07, 6.45) is 7.48. The Morgan fingerprint density at radius 3 is 3.11 bits per heavy atom. The number of hydrogen-bond donors (Lipinski definition) is 0. The summed E-state index contributed by atoms with van der Waals surface area (Å²) >= 11 is 0. The molecule has 0 aromatic rings. The van der Waals surface area contributed by atoms with Crippen LogP contribution in [0.1, 0.15) is 13.8 Å². The van der Waals surface area contributed by atoms with Gasteiger partial charge in [-0.05, 0) is 30.9 Å². The lowest BCUT2D eigenvalue weighted by molar-refractivity contribution is -0.189. The number of esters is 1. The Hall–Kier alpha value is -2.59. The Bertz CT molecular complexity index is 589. The maximum Gasteiger partial charge on any atom is 0.312 e. The summed E-state index contributed by atoms with van der Waals surface area (Å²) in [7, 11) is 0. The van der Waals surface area contributed by atoms with Gasteiger partial charge in [-0.2, -0.15) is 0 Å². The predicted molar refractivity (Wildman–Crippen MR) is 68.0 cm³/mol. The van der Waals surface area contributed by atoms with Crippen molar-refractivity contribution in [2.45, 2.75) is 25.7 Å². The van der Waals surface area contributed by atoms with E-state index in [4.69, 9.17) is 14.2 Å². The van der Waals surface area contributed by atoms with Gasteiger partial charge >= 0.3 is 11.8 Å². The molecule has 0 bridgehead atoms. The van der Waals surface area contributed by atoms with Crippen molar-refractivity contribution in [2.75, 3.05) is 0 Å². The highest BCUT2D eigenvalue weighted by Gasteiger charge is 2.48. The van der Waals surface area contributed by atoms with Crippen LogP contribution in [-0.4, -0.2) is 17.9 Å². The van der Waals surface area contributed by atoms with Crippen molar-refractivity contribution >= 4 is 5.97 Å². The highest BCUT2D eigenvalue weighted by atomic mass is 16.7. The Kier molecular flexibility index (Phi) is 3.63. The lowest BCUT2D eigenvalue weighted by Crippen LogP contribution is -2.40. The number of ether oxygens (including phenoxy) is 3. The van der Waals surface area contributed by atoms with Crippen LogP contribution in [-0.2, 0) is 19.0 Å². The van der Waals surface area contributed by atoms with E-state index in [2.05, 4.69) is 23.7 Å². The summed E-state index contributed by atoms with van der Waals surface area (Å²) in [4.78, 5) is 11.0. The van der Waals surface area contributed by atoms with Crippen LogP contribution in [0, 0.1) is 23.7 Å². The van der Waals surface area contributed by atoms with E-state index < -0.39 is 17.9 Å². The molecule has 19 heavy (non-hydrogen) atoms. The van der Waals surface area contributed by atoms with Gasteiger partial charge in [0, 0.05) is 19.1 Å². The Morgan fingerprint density at radius 2 is 2.37 bits per heavy atom. The largest absolute Gasteiger partial charge is 0.453 e. The van der Waals surface area contributed by atoms with Crippen LogP contribution >= 0.6 is 0 Å². The molecular formula is C15H12O4. The fourth-order valence-corrected chi connectivity index (χ4v) is 1.67. The SMILES string of the molecule is CC#CC#C/C=C1\C=C[C@@]2(OC=C[C@H]2OC(C)=O)O1. The van der Waals surface area contributed by atoms with Gasteiger partial charge in [0.25, 0.3) is 0 Å². The molecular weight excluding hydrogens is 244 g/mol. The second-order valence-electron chi connectivity index (χ2n) is 3.82. The molecule has 2 aliphatic heterocycles. The standard InChI is InChI=1S/C15H12O4/c1-3-4-5-6-7-13-8-10-15(19-13)14(9-11-17-15)18-12(2)16/h7-11,14H,1-2H3/b13-7+/t14-,15-/m1/s1. The van der Waals surface area contributed by atoms with Crippen LogP contribution < -0.4 is 0 Å². The highest BCUT2D eigenvalue weighted by molar-refractivity contribution is 5.66. The molecule has 0 radical (unpaired) electrons. The molecule has 0 aromatic heterocycles. The molecule has 0 aliphatic carbocycles. The first-order chi connectivity index (χ1) is 9.16. The predicted octanol–water partition coefficient (Wildman–Crippen LogP) is 1.66. The van der Waals surface area contributed by atoms with Gasteiger partial charge in [-0.3, -0.25) is 4.79 Å². The minimum atomic E-state index is -1.10. The first-order valence-corrected chi connectivity index (χ1v) is 5.69. The molecule has 4 heteroatoms. The van der Waals surface area contributed by atoms with Gasteiger partial charge in [0.2, 0.25) is 6.10 Å². The van der Waals surface area contributed by atoms with Crippen LogP contribution in [0.3, 0.4) is 0 Å². The van der Waals surface area contributed by atoms with Gasteiger partial charge in [0.1, 0.15) is 5.76 Å². The van der Waals surface area contributed by atoms with Crippen LogP contribution in [0.5, 0.6) is 0 Å². The molecule has 0 amide bonds. The Morgan fingerprint density at radius 1 is 1.53 bits per heavy atom. The van der Waals surface area contributed by atoms with Crippen LogP contribution in [0.15, 0.2) is 36.3 Å². The number of rotatable bonds is 1. The first kappa shape index (κ1) is 12.9. The molecule has 0 unspecified atom stereocenters. The average molecular weight is 256 g/mol. The number of hydrogen-bond acceptors (Lipinski definition) is 4. The molecule has 2 atom stereocenters. The third-order valence-corrected chi connectivity index (χ3v) is 2.43. The summed E-state index contributed by atoms with van der Waals surface area (Å²) < 4.78 is 16.2. The fraction of sp³-hybridized carbons (Fsp3) is 0.267. The zero-order valence-corrected chi connectivity index (χ0v) is 10.6. The first-order valence-electron chi connectivity index (χ1n) is 5.69. The summed E-state index contributed by atoms with van der Waals surface area (Å²) in [5, 5.41) is 0. The topological polar surface area (TPSA) is 44.8 Å². The third kappa shape index (κ3) is 2.81. The van der Waals surface area contributed by atoms with Crippen molar-refractivity contribution < 1.29 is 19.0 Å². The van der Waals surface area contributed by atoms with Gasteiger partial charge in [0.15, 0.2) is 0 Å². The number of carbonyl (C=O) groups is 1. The van der Waals surface area contributed by atoms with E-state index in [1.165, 1.54) is 13.2 Å². The maximum atomic E-state index is 11.0. The normalized spacial score (nSPS) is 28.1. The van der Waals surface area contributed by atoms with Crippen molar-refractivity contribution in [2.24, 2.45) is 0 Å². The molecule has 0 fully saturated rings. The second kappa shape index (κ2) is 5.37. The Labute approximate surface area is 111 Å². The van der Waals surface area contributed by atoms with Crippen LogP contribution in [0.25, 0.3) is 0 Å². The highest BCUT2D eigenvalue weighted by Crippen LogP contribution is 2.36. The van der Waals surface area contributed by atoms with Crippen molar-refractivity contribution in [3.8, 4) is 23.7 Å². The van der Waals surface area contributed by atoms with Gasteiger partial charge in [-0.25, -0.2) is 0 Å². The molecule has 0 saturated carbocycles. The second-order valence-corrected chi connectivity index (χ2v) is 3.82. The molecule has 0 aromatic carbocycles. The number of allylic oxidation sites excluding steroid dienone is 2. The van der Waals surface area contributed by atoms with Crippen molar-refractivity contribution in [3.05, 3.63) is 36.3 Å². The van der Waals surface area contributed by atoms with Crippen molar-refractivity contribution in [3.63, 3.8) is 0 Å². The minimum Gasteiger partial charge on any atom is -0.453 e. The van der Waals surface area contributed by atoms with Crippen LogP contribution in [0.2, 0.25) is 0 Å². The van der Waals surface area contributed by atoms with E-state index >= 15 is 0 Å². The summed E-state index contributed by atoms with van der Waals surface area (Å²) in [6, 6.07) is 0.